The number of rotatable bonds is 14. The normalized spacial score (nSPS) is 11.6. The van der Waals surface area contributed by atoms with E-state index in [-0.39, 0.29) is 4.90 Å². The topological polar surface area (TPSA) is 84.9 Å². The Hall–Kier alpha value is -1.15. The van der Waals surface area contributed by atoms with Crippen LogP contribution >= 0.6 is 0 Å². The van der Waals surface area contributed by atoms with Gasteiger partial charge in [-0.3, -0.25) is 0 Å². The third-order valence-electron chi connectivity index (χ3n) is 3.59. The molecule has 6 nitrogen and oxygen atoms in total. The van der Waals surface area contributed by atoms with Crippen molar-refractivity contribution in [1.29, 1.82) is 0 Å². The molecule has 0 aliphatic carbocycles. The Morgan fingerprint density at radius 2 is 1.50 bits per heavy atom. The van der Waals surface area contributed by atoms with E-state index < -0.39 is 10.1 Å². The van der Waals surface area contributed by atoms with Crippen molar-refractivity contribution >= 4 is 10.1 Å². The van der Waals surface area contributed by atoms with Crippen LogP contribution in [0.5, 0.6) is 5.75 Å². The molecule has 1 aromatic rings. The molecule has 1 rings (SSSR count). The molecule has 0 atom stereocenters. The molecule has 0 aliphatic rings. The van der Waals surface area contributed by atoms with Crippen LogP contribution in [0.4, 0.5) is 0 Å². The summed E-state index contributed by atoms with van der Waals surface area (Å²) in [6, 6.07) is 5.48. The summed E-state index contributed by atoms with van der Waals surface area (Å²) in [5.74, 6) is 0.513. The lowest BCUT2D eigenvalue weighted by Crippen LogP contribution is -2.14. The number of unbranched alkanes of at least 4 members (excludes halogenated alkanes) is 6. The van der Waals surface area contributed by atoms with E-state index in [1.54, 1.807) is 0 Å². The standard InChI is InChI=1S/C17H28O6S/c1-2-3-4-5-6-7-8-13-21-14-15-22-16-9-11-17(12-10-16)24(19,20)23-18/h9-12,18H,2-8,13-15H2,1H3/p-1. The molecule has 1 aromatic carbocycles. The zero-order valence-electron chi connectivity index (χ0n) is 14.2. The fraction of sp³-hybridized carbons (Fsp3) is 0.647. The molecule has 0 fully saturated rings. The summed E-state index contributed by atoms with van der Waals surface area (Å²) in [7, 11) is -4.20. The second-order valence-electron chi connectivity index (χ2n) is 5.58. The summed E-state index contributed by atoms with van der Waals surface area (Å²) < 4.78 is 36.5. The van der Waals surface area contributed by atoms with Crippen LogP contribution in [0.2, 0.25) is 0 Å². The zero-order chi connectivity index (χ0) is 17.7. The van der Waals surface area contributed by atoms with Crippen LogP contribution in [0.25, 0.3) is 0 Å². The molecule has 0 amide bonds. The maximum absolute atomic E-state index is 11.2. The van der Waals surface area contributed by atoms with Crippen molar-refractivity contribution in [2.75, 3.05) is 19.8 Å². The minimum Gasteiger partial charge on any atom is -0.707 e. The highest BCUT2D eigenvalue weighted by atomic mass is 32.2. The molecule has 0 aromatic heterocycles. The van der Waals surface area contributed by atoms with Gasteiger partial charge in [-0.15, -0.1) is 0 Å². The van der Waals surface area contributed by atoms with Gasteiger partial charge < -0.3 is 19.1 Å². The first-order valence-electron chi connectivity index (χ1n) is 8.47. The lowest BCUT2D eigenvalue weighted by molar-refractivity contribution is -0.635. The first-order valence-corrected chi connectivity index (χ1v) is 9.88. The van der Waals surface area contributed by atoms with Crippen LogP contribution in [0.3, 0.4) is 0 Å². The van der Waals surface area contributed by atoms with E-state index in [0.717, 1.165) is 13.0 Å². The van der Waals surface area contributed by atoms with E-state index in [1.807, 2.05) is 0 Å². The van der Waals surface area contributed by atoms with Crippen molar-refractivity contribution in [3.8, 4) is 5.75 Å². The fourth-order valence-corrected chi connectivity index (χ4v) is 2.77. The monoisotopic (exact) mass is 359 g/mol. The fourth-order valence-electron chi connectivity index (χ4n) is 2.22. The smallest absolute Gasteiger partial charge is 0.288 e. The van der Waals surface area contributed by atoms with Gasteiger partial charge in [0.05, 0.1) is 11.5 Å². The van der Waals surface area contributed by atoms with E-state index in [0.29, 0.717) is 19.0 Å². The number of hydrogen-bond acceptors (Lipinski definition) is 6. The van der Waals surface area contributed by atoms with E-state index in [9.17, 15) is 13.7 Å². The molecular weight excluding hydrogens is 332 g/mol. The van der Waals surface area contributed by atoms with Gasteiger partial charge in [-0.05, 0) is 30.7 Å². The molecule has 7 heteroatoms. The Kier molecular flexibility index (Phi) is 10.7. The molecule has 0 spiro atoms. The minimum atomic E-state index is -4.20. The predicted molar refractivity (Wildman–Crippen MR) is 89.0 cm³/mol. The number of ether oxygens (including phenoxy) is 2. The highest BCUT2D eigenvalue weighted by Gasteiger charge is 2.10. The van der Waals surface area contributed by atoms with Crippen molar-refractivity contribution < 1.29 is 27.5 Å². The van der Waals surface area contributed by atoms with Crippen LogP contribution in [0.15, 0.2) is 29.2 Å². The number of hydrogen-bond donors (Lipinski definition) is 0. The van der Waals surface area contributed by atoms with Crippen molar-refractivity contribution in [3.05, 3.63) is 24.3 Å². The van der Waals surface area contributed by atoms with Crippen molar-refractivity contribution in [1.82, 2.24) is 0 Å². The third-order valence-corrected chi connectivity index (χ3v) is 4.62. The second-order valence-corrected chi connectivity index (χ2v) is 7.09. The van der Waals surface area contributed by atoms with Crippen molar-refractivity contribution in [2.24, 2.45) is 0 Å². The lowest BCUT2D eigenvalue weighted by atomic mass is 10.1. The van der Waals surface area contributed by atoms with Gasteiger partial charge in [0, 0.05) is 6.61 Å². The minimum absolute atomic E-state index is 0.194. The Balaban J connectivity index is 2.05. The van der Waals surface area contributed by atoms with Crippen LogP contribution in [0.1, 0.15) is 51.9 Å². The van der Waals surface area contributed by atoms with Crippen LogP contribution < -0.4 is 9.99 Å². The number of benzene rings is 1. The first kappa shape index (κ1) is 20.9. The van der Waals surface area contributed by atoms with E-state index in [1.165, 1.54) is 62.8 Å². The maximum atomic E-state index is 11.2. The van der Waals surface area contributed by atoms with Gasteiger partial charge in [0.1, 0.15) is 12.4 Å². The highest BCUT2D eigenvalue weighted by molar-refractivity contribution is 7.86. The van der Waals surface area contributed by atoms with Gasteiger partial charge >= 0.3 is 0 Å². The van der Waals surface area contributed by atoms with Crippen LogP contribution in [0, 0.1) is 0 Å². The third kappa shape index (κ3) is 8.63. The summed E-state index contributed by atoms with van der Waals surface area (Å²) >= 11 is 0. The molecule has 0 saturated carbocycles. The molecule has 0 aliphatic heterocycles. The van der Waals surface area contributed by atoms with Gasteiger partial charge in [0.2, 0.25) is 0 Å². The highest BCUT2D eigenvalue weighted by Crippen LogP contribution is 2.16. The Morgan fingerprint density at radius 1 is 0.875 bits per heavy atom. The summed E-state index contributed by atoms with van der Waals surface area (Å²) in [5.41, 5.74) is 0. The molecule has 0 unspecified atom stereocenters. The molecule has 0 heterocycles. The Bertz CT molecular complexity index is 527. The maximum Gasteiger partial charge on any atom is 0.288 e. The summed E-state index contributed by atoms with van der Waals surface area (Å²) in [6.07, 6.45) is 8.75. The van der Waals surface area contributed by atoms with E-state index in [2.05, 4.69) is 11.3 Å². The van der Waals surface area contributed by atoms with Crippen LogP contribution in [-0.2, 0) is 19.2 Å². The van der Waals surface area contributed by atoms with Gasteiger partial charge in [0.15, 0.2) is 0 Å². The Labute approximate surface area is 144 Å². The molecule has 24 heavy (non-hydrogen) atoms. The van der Waals surface area contributed by atoms with E-state index in [4.69, 9.17) is 9.47 Å². The molecule has 0 N–H and O–H groups in total. The lowest BCUT2D eigenvalue weighted by Gasteiger charge is -2.09. The molecule has 0 bridgehead atoms. The van der Waals surface area contributed by atoms with Gasteiger partial charge in [-0.1, -0.05) is 45.4 Å². The molecule has 0 saturated heterocycles. The average molecular weight is 359 g/mol. The summed E-state index contributed by atoms with van der Waals surface area (Å²) in [6.45, 7) is 3.82. The van der Waals surface area contributed by atoms with Crippen molar-refractivity contribution in [3.63, 3.8) is 0 Å². The van der Waals surface area contributed by atoms with E-state index >= 15 is 0 Å². The molecule has 138 valence electrons. The SMILES string of the molecule is CCCCCCCCCOCCOc1ccc(S(=O)(=O)O[O-])cc1. The summed E-state index contributed by atoms with van der Waals surface area (Å²) in [4.78, 5) is -0.194. The summed E-state index contributed by atoms with van der Waals surface area (Å²) in [5, 5.41) is 10.1. The molecular formula is C17H27O6S-. The van der Waals surface area contributed by atoms with Gasteiger partial charge in [-0.2, -0.15) is 8.42 Å². The zero-order valence-corrected chi connectivity index (χ0v) is 15.1. The first-order chi connectivity index (χ1) is 11.6. The van der Waals surface area contributed by atoms with Crippen LogP contribution in [-0.4, -0.2) is 28.2 Å². The average Bonchev–Trinajstić information content (AvgIpc) is 2.60. The van der Waals surface area contributed by atoms with Gasteiger partial charge in [-0.25, -0.2) is 0 Å². The second kappa shape index (κ2) is 12.2. The quantitative estimate of drug-likeness (QED) is 0.288. The van der Waals surface area contributed by atoms with Crippen molar-refractivity contribution in [2.45, 2.75) is 56.8 Å². The Morgan fingerprint density at radius 3 is 2.12 bits per heavy atom. The van der Waals surface area contributed by atoms with Gasteiger partial charge in [0.25, 0.3) is 10.1 Å². The predicted octanol–water partition coefficient (Wildman–Crippen LogP) is 2.81. The molecule has 0 radical (unpaired) electrons. The largest absolute Gasteiger partial charge is 0.707 e.